The molecule has 2 heteroatoms. The van der Waals surface area contributed by atoms with Crippen LogP contribution >= 0.6 is 0 Å². The first-order valence-electron chi connectivity index (χ1n) is 6.10. The highest BCUT2D eigenvalue weighted by molar-refractivity contribution is 5.77. The van der Waals surface area contributed by atoms with Gasteiger partial charge in [0.05, 0.1) is 6.42 Å². The molecular weight excluding hydrogens is 224 g/mol. The Morgan fingerprint density at radius 3 is 2.39 bits per heavy atom. The van der Waals surface area contributed by atoms with Crippen molar-refractivity contribution in [1.29, 1.82) is 0 Å². The normalized spacial score (nSPS) is 10.3. The zero-order valence-corrected chi connectivity index (χ0v) is 10.4. The van der Waals surface area contributed by atoms with Crippen LogP contribution in [-0.4, -0.2) is 11.1 Å². The number of benzene rings is 2. The van der Waals surface area contributed by atoms with Crippen LogP contribution in [0.4, 0.5) is 0 Å². The molecule has 0 fully saturated rings. The van der Waals surface area contributed by atoms with E-state index in [1.54, 1.807) is 0 Å². The van der Waals surface area contributed by atoms with Crippen LogP contribution in [0.1, 0.15) is 18.1 Å². The van der Waals surface area contributed by atoms with Gasteiger partial charge in [0.25, 0.3) is 0 Å². The van der Waals surface area contributed by atoms with Gasteiger partial charge in [0.1, 0.15) is 0 Å². The summed E-state index contributed by atoms with van der Waals surface area (Å²) in [6, 6.07) is 15.9. The standard InChI is InChI=1S/C16H16O2/c1-2-12-9-6-10-14(15(12)11-16(17)18)13-7-4-3-5-8-13/h3-10H,2,11H2,1H3,(H,17,18). The maximum absolute atomic E-state index is 11.0. The third-order valence-corrected chi connectivity index (χ3v) is 3.07. The van der Waals surface area contributed by atoms with Crippen molar-refractivity contribution in [3.8, 4) is 11.1 Å². The lowest BCUT2D eigenvalue weighted by atomic mass is 9.92. The maximum Gasteiger partial charge on any atom is 0.307 e. The molecule has 0 radical (unpaired) electrons. The summed E-state index contributed by atoms with van der Waals surface area (Å²) in [4.78, 5) is 11.0. The van der Waals surface area contributed by atoms with Gasteiger partial charge in [-0.05, 0) is 28.7 Å². The zero-order chi connectivity index (χ0) is 13.0. The molecule has 0 aliphatic carbocycles. The highest BCUT2D eigenvalue weighted by atomic mass is 16.4. The molecule has 2 rings (SSSR count). The fraction of sp³-hybridized carbons (Fsp3) is 0.188. The molecule has 0 bridgehead atoms. The first-order valence-corrected chi connectivity index (χ1v) is 6.10. The first-order chi connectivity index (χ1) is 8.72. The van der Waals surface area contributed by atoms with E-state index in [1.807, 2.05) is 48.5 Å². The van der Waals surface area contributed by atoms with Gasteiger partial charge in [-0.15, -0.1) is 0 Å². The van der Waals surface area contributed by atoms with Crippen molar-refractivity contribution in [2.45, 2.75) is 19.8 Å². The van der Waals surface area contributed by atoms with Crippen molar-refractivity contribution in [3.63, 3.8) is 0 Å². The van der Waals surface area contributed by atoms with Crippen molar-refractivity contribution < 1.29 is 9.90 Å². The molecule has 18 heavy (non-hydrogen) atoms. The highest BCUT2D eigenvalue weighted by Crippen LogP contribution is 2.27. The molecule has 0 unspecified atom stereocenters. The van der Waals surface area contributed by atoms with E-state index >= 15 is 0 Å². The summed E-state index contributed by atoms with van der Waals surface area (Å²) in [6.45, 7) is 2.05. The van der Waals surface area contributed by atoms with Crippen LogP contribution in [0, 0.1) is 0 Å². The number of carbonyl (C=O) groups is 1. The Morgan fingerprint density at radius 1 is 1.06 bits per heavy atom. The van der Waals surface area contributed by atoms with E-state index in [4.69, 9.17) is 5.11 Å². The lowest BCUT2D eigenvalue weighted by Crippen LogP contribution is -2.05. The van der Waals surface area contributed by atoms with Crippen molar-refractivity contribution in [2.24, 2.45) is 0 Å². The molecular formula is C16H16O2. The summed E-state index contributed by atoms with van der Waals surface area (Å²) in [5.74, 6) is -0.784. The zero-order valence-electron chi connectivity index (χ0n) is 10.4. The van der Waals surface area contributed by atoms with Crippen LogP contribution in [0.3, 0.4) is 0 Å². The molecule has 0 saturated carbocycles. The highest BCUT2D eigenvalue weighted by Gasteiger charge is 2.11. The van der Waals surface area contributed by atoms with E-state index in [1.165, 1.54) is 0 Å². The minimum atomic E-state index is -0.784. The molecule has 0 aliphatic rings. The van der Waals surface area contributed by atoms with Crippen LogP contribution in [0.15, 0.2) is 48.5 Å². The van der Waals surface area contributed by atoms with E-state index < -0.39 is 5.97 Å². The third-order valence-electron chi connectivity index (χ3n) is 3.07. The molecule has 0 aliphatic heterocycles. The second kappa shape index (κ2) is 5.50. The summed E-state index contributed by atoms with van der Waals surface area (Å²) < 4.78 is 0. The van der Waals surface area contributed by atoms with Crippen LogP contribution in [0.25, 0.3) is 11.1 Å². The molecule has 0 amide bonds. The Hall–Kier alpha value is -2.09. The number of carboxylic acids is 1. The van der Waals surface area contributed by atoms with Gasteiger partial charge in [0, 0.05) is 0 Å². The Balaban J connectivity index is 2.56. The Labute approximate surface area is 107 Å². The minimum absolute atomic E-state index is 0.0776. The van der Waals surface area contributed by atoms with Crippen LogP contribution in [0.5, 0.6) is 0 Å². The lowest BCUT2D eigenvalue weighted by molar-refractivity contribution is -0.136. The summed E-state index contributed by atoms with van der Waals surface area (Å²) in [5.41, 5.74) is 4.14. The van der Waals surface area contributed by atoms with Gasteiger partial charge in [-0.2, -0.15) is 0 Å². The number of carboxylic acid groups (broad SMARTS) is 1. The average molecular weight is 240 g/mol. The van der Waals surface area contributed by atoms with Gasteiger partial charge in [-0.25, -0.2) is 0 Å². The molecule has 2 nitrogen and oxygen atoms in total. The van der Waals surface area contributed by atoms with Crippen LogP contribution in [-0.2, 0) is 17.6 Å². The number of hydrogen-bond donors (Lipinski definition) is 1. The maximum atomic E-state index is 11.0. The van der Waals surface area contributed by atoms with Crippen LogP contribution < -0.4 is 0 Å². The van der Waals surface area contributed by atoms with Gasteiger partial charge in [-0.1, -0.05) is 55.5 Å². The van der Waals surface area contributed by atoms with E-state index in [-0.39, 0.29) is 6.42 Å². The van der Waals surface area contributed by atoms with Crippen molar-refractivity contribution >= 4 is 5.97 Å². The second-order valence-electron chi connectivity index (χ2n) is 4.23. The number of hydrogen-bond acceptors (Lipinski definition) is 1. The van der Waals surface area contributed by atoms with Crippen molar-refractivity contribution in [1.82, 2.24) is 0 Å². The summed E-state index contributed by atoms with van der Waals surface area (Å²) in [6.07, 6.45) is 0.928. The lowest BCUT2D eigenvalue weighted by Gasteiger charge is -2.12. The topological polar surface area (TPSA) is 37.3 Å². The van der Waals surface area contributed by atoms with Crippen LogP contribution in [0.2, 0.25) is 0 Å². The number of rotatable bonds is 4. The predicted octanol–water partition coefficient (Wildman–Crippen LogP) is 3.54. The van der Waals surface area contributed by atoms with Gasteiger partial charge in [0.15, 0.2) is 0 Å². The minimum Gasteiger partial charge on any atom is -0.481 e. The van der Waals surface area contributed by atoms with Crippen molar-refractivity contribution in [2.75, 3.05) is 0 Å². The van der Waals surface area contributed by atoms with Gasteiger partial charge in [-0.3, -0.25) is 4.79 Å². The summed E-state index contributed by atoms with van der Waals surface area (Å²) in [5, 5.41) is 9.06. The fourth-order valence-corrected chi connectivity index (χ4v) is 2.21. The fourth-order valence-electron chi connectivity index (χ4n) is 2.21. The van der Waals surface area contributed by atoms with Gasteiger partial charge < -0.3 is 5.11 Å². The average Bonchev–Trinajstić information content (AvgIpc) is 2.39. The predicted molar refractivity (Wildman–Crippen MR) is 72.6 cm³/mol. The first kappa shape index (κ1) is 12.4. The Kier molecular flexibility index (Phi) is 3.78. The SMILES string of the molecule is CCc1cccc(-c2ccccc2)c1CC(=O)O. The molecule has 2 aromatic carbocycles. The van der Waals surface area contributed by atoms with E-state index in [2.05, 4.69) is 6.92 Å². The second-order valence-corrected chi connectivity index (χ2v) is 4.23. The molecule has 0 saturated heterocycles. The largest absolute Gasteiger partial charge is 0.481 e. The molecule has 0 spiro atoms. The van der Waals surface area contributed by atoms with E-state index in [9.17, 15) is 4.79 Å². The summed E-state index contributed by atoms with van der Waals surface area (Å²) >= 11 is 0. The monoisotopic (exact) mass is 240 g/mol. The van der Waals surface area contributed by atoms with Crippen molar-refractivity contribution in [3.05, 3.63) is 59.7 Å². The number of aliphatic carboxylic acids is 1. The molecule has 1 N–H and O–H groups in total. The molecule has 0 aromatic heterocycles. The molecule has 0 atom stereocenters. The third kappa shape index (κ3) is 2.59. The van der Waals surface area contributed by atoms with E-state index in [0.29, 0.717) is 0 Å². The Morgan fingerprint density at radius 2 is 1.78 bits per heavy atom. The molecule has 92 valence electrons. The smallest absolute Gasteiger partial charge is 0.307 e. The Bertz CT molecular complexity index is 544. The summed E-state index contributed by atoms with van der Waals surface area (Å²) in [7, 11) is 0. The van der Waals surface area contributed by atoms with Gasteiger partial charge >= 0.3 is 5.97 Å². The molecule has 0 heterocycles. The van der Waals surface area contributed by atoms with Gasteiger partial charge in [0.2, 0.25) is 0 Å². The molecule has 2 aromatic rings. The number of aryl methyl sites for hydroxylation is 1. The quantitative estimate of drug-likeness (QED) is 0.887. The van der Waals surface area contributed by atoms with E-state index in [0.717, 1.165) is 28.7 Å².